The Morgan fingerprint density at radius 1 is 1.17 bits per heavy atom. The molecule has 1 aliphatic heterocycles. The minimum absolute atomic E-state index is 0.0113. The van der Waals surface area contributed by atoms with Crippen LogP contribution in [0.15, 0.2) is 22.8 Å². The van der Waals surface area contributed by atoms with Crippen LogP contribution in [-0.4, -0.2) is 17.9 Å². The van der Waals surface area contributed by atoms with E-state index in [4.69, 9.17) is 4.74 Å². The van der Waals surface area contributed by atoms with Gasteiger partial charge < -0.3 is 4.74 Å². The van der Waals surface area contributed by atoms with E-state index in [1.54, 1.807) is 0 Å². The Bertz CT molecular complexity index is 666. The summed E-state index contributed by atoms with van der Waals surface area (Å²) in [7, 11) is 0. The predicted octanol–water partition coefficient (Wildman–Crippen LogP) is 3.98. The van der Waals surface area contributed by atoms with E-state index in [-0.39, 0.29) is 22.9 Å². The van der Waals surface area contributed by atoms with E-state index in [0.717, 1.165) is 30.4 Å². The van der Waals surface area contributed by atoms with Gasteiger partial charge in [0, 0.05) is 24.0 Å². The van der Waals surface area contributed by atoms with E-state index in [1.807, 2.05) is 6.92 Å². The van der Waals surface area contributed by atoms with E-state index in [0.29, 0.717) is 30.5 Å². The third kappa shape index (κ3) is 2.01. The summed E-state index contributed by atoms with van der Waals surface area (Å²) in [6, 6.07) is 0. The molecule has 3 heteroatoms. The van der Waals surface area contributed by atoms with Crippen LogP contribution in [0.25, 0.3) is 0 Å². The molecule has 4 aliphatic rings. The average Bonchev–Trinajstić information content (AvgIpc) is 2.70. The number of rotatable bonds is 0. The van der Waals surface area contributed by atoms with Crippen molar-refractivity contribution in [3.63, 3.8) is 0 Å². The minimum atomic E-state index is -0.165. The van der Waals surface area contributed by atoms with Gasteiger partial charge in [-0.25, -0.2) is 4.79 Å². The van der Waals surface area contributed by atoms with Gasteiger partial charge in [-0.05, 0) is 48.9 Å². The Balaban J connectivity index is 1.76. The van der Waals surface area contributed by atoms with Gasteiger partial charge in [-0.3, -0.25) is 4.79 Å². The number of hydrogen-bond acceptors (Lipinski definition) is 3. The number of allylic oxidation sites excluding steroid dienone is 1. The standard InChI is InChI=1S/C20H26O3/c1-11-14-7-12-5-6-17-19(2,3)9-13(21)10-20(17,4)15(12)8-16(14)23-18(11)22/h7,15-17H,5-6,8-10H2,1-4H3. The van der Waals surface area contributed by atoms with Gasteiger partial charge in [0.15, 0.2) is 0 Å². The monoisotopic (exact) mass is 314 g/mol. The lowest BCUT2D eigenvalue weighted by atomic mass is 9.46. The summed E-state index contributed by atoms with van der Waals surface area (Å²) in [4.78, 5) is 24.3. The van der Waals surface area contributed by atoms with Crippen LogP contribution in [0.3, 0.4) is 0 Å². The zero-order valence-electron chi connectivity index (χ0n) is 14.6. The molecule has 0 aromatic heterocycles. The molecule has 0 aromatic rings. The summed E-state index contributed by atoms with van der Waals surface area (Å²) in [6.07, 6.45) is 6.65. The lowest BCUT2D eigenvalue weighted by molar-refractivity contribution is -0.145. The molecule has 0 aromatic carbocycles. The summed E-state index contributed by atoms with van der Waals surface area (Å²) in [5, 5.41) is 0. The van der Waals surface area contributed by atoms with E-state index in [1.165, 1.54) is 5.57 Å². The van der Waals surface area contributed by atoms with Crippen molar-refractivity contribution < 1.29 is 14.3 Å². The second kappa shape index (κ2) is 4.58. The highest BCUT2D eigenvalue weighted by Gasteiger charge is 2.57. The van der Waals surface area contributed by atoms with Crippen LogP contribution in [-0.2, 0) is 14.3 Å². The Morgan fingerprint density at radius 3 is 2.65 bits per heavy atom. The van der Waals surface area contributed by atoms with Crippen LogP contribution in [0.1, 0.15) is 59.8 Å². The summed E-state index contributed by atoms with van der Waals surface area (Å²) in [5.74, 6) is 1.17. The molecular weight excluding hydrogens is 288 g/mol. The van der Waals surface area contributed by atoms with Gasteiger partial charge in [0.1, 0.15) is 11.9 Å². The van der Waals surface area contributed by atoms with Crippen LogP contribution >= 0.6 is 0 Å². The van der Waals surface area contributed by atoms with Crippen LogP contribution in [0.2, 0.25) is 0 Å². The van der Waals surface area contributed by atoms with Crippen molar-refractivity contribution in [3.8, 4) is 0 Å². The molecule has 1 heterocycles. The number of ketones is 1. The maximum atomic E-state index is 12.4. The zero-order valence-corrected chi connectivity index (χ0v) is 14.6. The minimum Gasteiger partial charge on any atom is -0.454 e. The first-order valence-corrected chi connectivity index (χ1v) is 8.86. The molecule has 0 amide bonds. The topological polar surface area (TPSA) is 43.4 Å². The second-order valence-corrected chi connectivity index (χ2v) is 8.96. The molecule has 0 radical (unpaired) electrons. The molecule has 124 valence electrons. The lowest BCUT2D eigenvalue weighted by Crippen LogP contribution is -2.53. The van der Waals surface area contributed by atoms with E-state index < -0.39 is 0 Å². The SMILES string of the molecule is CC1=C2C=C3CCC4C(C)(C)CC(=O)CC4(C)C3CC2OC1=O. The maximum absolute atomic E-state index is 12.4. The Kier molecular flexibility index (Phi) is 3.02. The fourth-order valence-electron chi connectivity index (χ4n) is 6.15. The largest absolute Gasteiger partial charge is 0.454 e. The summed E-state index contributed by atoms with van der Waals surface area (Å²) >= 11 is 0. The molecular formula is C20H26O3. The molecule has 0 saturated heterocycles. The molecule has 4 unspecified atom stereocenters. The van der Waals surface area contributed by atoms with Crippen molar-refractivity contribution in [2.45, 2.75) is 65.9 Å². The van der Waals surface area contributed by atoms with Gasteiger partial charge in [-0.2, -0.15) is 0 Å². The van der Waals surface area contributed by atoms with Crippen molar-refractivity contribution in [2.24, 2.45) is 22.7 Å². The highest BCUT2D eigenvalue weighted by atomic mass is 16.5. The molecule has 23 heavy (non-hydrogen) atoms. The van der Waals surface area contributed by atoms with E-state index in [9.17, 15) is 9.59 Å². The summed E-state index contributed by atoms with van der Waals surface area (Å²) in [6.45, 7) is 8.70. The van der Waals surface area contributed by atoms with Crippen LogP contribution in [0.4, 0.5) is 0 Å². The molecule has 4 atom stereocenters. The highest BCUT2D eigenvalue weighted by molar-refractivity contribution is 5.92. The van der Waals surface area contributed by atoms with Crippen molar-refractivity contribution in [3.05, 3.63) is 22.8 Å². The Labute approximate surface area is 138 Å². The second-order valence-electron chi connectivity index (χ2n) is 8.96. The number of fused-ring (bicyclic) bond motifs is 4. The number of ether oxygens (including phenoxy) is 1. The number of carbonyl (C=O) groups excluding carboxylic acids is 2. The van der Waals surface area contributed by atoms with Crippen LogP contribution in [0, 0.1) is 22.7 Å². The first-order valence-electron chi connectivity index (χ1n) is 8.86. The average molecular weight is 314 g/mol. The van der Waals surface area contributed by atoms with Gasteiger partial charge in [0.25, 0.3) is 0 Å². The van der Waals surface area contributed by atoms with Gasteiger partial charge in [-0.1, -0.05) is 32.4 Å². The van der Waals surface area contributed by atoms with E-state index in [2.05, 4.69) is 26.8 Å². The fourth-order valence-corrected chi connectivity index (χ4v) is 6.15. The molecule has 3 nitrogen and oxygen atoms in total. The van der Waals surface area contributed by atoms with Crippen molar-refractivity contribution >= 4 is 11.8 Å². The number of esters is 1. The zero-order chi connectivity index (χ0) is 16.6. The Hall–Kier alpha value is -1.38. The highest BCUT2D eigenvalue weighted by Crippen LogP contribution is 2.62. The Morgan fingerprint density at radius 2 is 1.91 bits per heavy atom. The van der Waals surface area contributed by atoms with Gasteiger partial charge >= 0.3 is 5.97 Å². The predicted molar refractivity (Wildman–Crippen MR) is 87.6 cm³/mol. The first-order chi connectivity index (χ1) is 10.7. The normalized spacial score (nSPS) is 41.7. The molecule has 0 bridgehead atoms. The summed E-state index contributed by atoms with van der Waals surface area (Å²) < 4.78 is 5.59. The summed E-state index contributed by atoms with van der Waals surface area (Å²) in [5.41, 5.74) is 3.39. The molecule has 0 N–H and O–H groups in total. The molecule has 0 spiro atoms. The van der Waals surface area contributed by atoms with Crippen LogP contribution < -0.4 is 0 Å². The molecule has 2 saturated carbocycles. The third-order valence-corrected chi connectivity index (χ3v) is 7.06. The number of carbonyl (C=O) groups is 2. The van der Waals surface area contributed by atoms with Crippen LogP contribution in [0.5, 0.6) is 0 Å². The van der Waals surface area contributed by atoms with Gasteiger partial charge in [-0.15, -0.1) is 0 Å². The van der Waals surface area contributed by atoms with Crippen molar-refractivity contribution in [1.29, 1.82) is 0 Å². The number of Topliss-reactive ketones (excluding diaryl/α,β-unsaturated/α-hetero) is 1. The fraction of sp³-hybridized carbons (Fsp3) is 0.700. The smallest absolute Gasteiger partial charge is 0.334 e. The quantitative estimate of drug-likeness (QED) is 0.635. The molecule has 2 fully saturated rings. The molecule has 3 aliphatic carbocycles. The van der Waals surface area contributed by atoms with Crippen molar-refractivity contribution in [2.75, 3.05) is 0 Å². The van der Waals surface area contributed by atoms with E-state index >= 15 is 0 Å². The lowest BCUT2D eigenvalue weighted by Gasteiger charge is -2.58. The first kappa shape index (κ1) is 15.2. The van der Waals surface area contributed by atoms with Gasteiger partial charge in [0.2, 0.25) is 0 Å². The third-order valence-electron chi connectivity index (χ3n) is 7.06. The molecule has 4 rings (SSSR count). The van der Waals surface area contributed by atoms with Crippen molar-refractivity contribution in [1.82, 2.24) is 0 Å². The van der Waals surface area contributed by atoms with Gasteiger partial charge in [0.05, 0.1) is 0 Å². The maximum Gasteiger partial charge on any atom is 0.334 e. The number of hydrogen-bond donors (Lipinski definition) is 0.